The zero-order valence-electron chi connectivity index (χ0n) is 10.4. The number of aromatic nitrogens is 1. The first kappa shape index (κ1) is 15.6. The van der Waals surface area contributed by atoms with Gasteiger partial charge in [0.2, 0.25) is 0 Å². The van der Waals surface area contributed by atoms with Crippen molar-refractivity contribution >= 4 is 23.3 Å². The quantitative estimate of drug-likeness (QED) is 0.929. The van der Waals surface area contributed by atoms with Crippen LogP contribution < -0.4 is 5.32 Å². The lowest BCUT2D eigenvalue weighted by Crippen LogP contribution is -2.36. The molecule has 0 radical (unpaired) electrons. The molecule has 4 nitrogen and oxygen atoms in total. The first-order valence-corrected chi connectivity index (χ1v) is 5.85. The van der Waals surface area contributed by atoms with Gasteiger partial charge in [-0.25, -0.2) is 4.98 Å². The molecule has 1 aromatic rings. The van der Waals surface area contributed by atoms with Crippen LogP contribution in [0.5, 0.6) is 0 Å². The number of halogens is 4. The van der Waals surface area contributed by atoms with Gasteiger partial charge in [0, 0.05) is 13.6 Å². The Morgan fingerprint density at radius 1 is 1.47 bits per heavy atom. The molecule has 0 aliphatic rings. The normalized spacial score (nSPS) is 11.3. The maximum absolute atomic E-state index is 12.2. The van der Waals surface area contributed by atoms with E-state index in [2.05, 4.69) is 10.3 Å². The van der Waals surface area contributed by atoms with E-state index in [1.165, 1.54) is 6.07 Å². The molecule has 1 aromatic heterocycles. The molecule has 1 N–H and O–H groups in total. The van der Waals surface area contributed by atoms with Crippen molar-refractivity contribution < 1.29 is 18.0 Å². The van der Waals surface area contributed by atoms with Crippen LogP contribution in [-0.2, 0) is 0 Å². The standard InChI is InChI=1S/C11H13ClF3N3O/c1-3-16-8-5-4-7(12)9(17-8)10(19)18(2)6-11(13,14)15/h4-5H,3,6H2,1-2H3,(H,16,17). The summed E-state index contributed by atoms with van der Waals surface area (Å²) in [5, 5.41) is 2.87. The molecule has 0 bridgehead atoms. The third-order valence-corrected chi connectivity index (χ3v) is 2.47. The van der Waals surface area contributed by atoms with E-state index in [1.54, 1.807) is 6.07 Å². The molecule has 1 rings (SSSR count). The first-order valence-electron chi connectivity index (χ1n) is 5.47. The number of hydrogen-bond acceptors (Lipinski definition) is 3. The molecule has 1 amide bonds. The molecule has 0 fully saturated rings. The van der Waals surface area contributed by atoms with Crippen molar-refractivity contribution in [3.63, 3.8) is 0 Å². The largest absolute Gasteiger partial charge is 0.406 e. The van der Waals surface area contributed by atoms with E-state index in [0.29, 0.717) is 17.3 Å². The number of pyridine rings is 1. The minimum Gasteiger partial charge on any atom is -0.370 e. The minimum atomic E-state index is -4.46. The Morgan fingerprint density at radius 2 is 2.11 bits per heavy atom. The molecule has 19 heavy (non-hydrogen) atoms. The summed E-state index contributed by atoms with van der Waals surface area (Å²) in [4.78, 5) is 16.3. The third-order valence-electron chi connectivity index (χ3n) is 2.17. The van der Waals surface area contributed by atoms with Gasteiger partial charge in [-0.05, 0) is 19.1 Å². The molecule has 0 atom stereocenters. The van der Waals surface area contributed by atoms with Gasteiger partial charge in [0.1, 0.15) is 18.1 Å². The molecule has 0 aromatic carbocycles. The summed E-state index contributed by atoms with van der Waals surface area (Å²) in [5.41, 5.74) is -0.202. The van der Waals surface area contributed by atoms with Gasteiger partial charge in [0.05, 0.1) is 5.02 Å². The summed E-state index contributed by atoms with van der Waals surface area (Å²) in [5.74, 6) is -0.488. The van der Waals surface area contributed by atoms with E-state index < -0.39 is 18.6 Å². The molecule has 0 spiro atoms. The van der Waals surface area contributed by atoms with Crippen molar-refractivity contribution in [2.75, 3.05) is 25.5 Å². The topological polar surface area (TPSA) is 45.2 Å². The second-order valence-electron chi connectivity index (χ2n) is 3.83. The Labute approximate surface area is 113 Å². The summed E-state index contributed by atoms with van der Waals surface area (Å²) in [7, 11) is 1.05. The fourth-order valence-corrected chi connectivity index (χ4v) is 1.58. The Morgan fingerprint density at radius 3 is 2.63 bits per heavy atom. The third kappa shape index (κ3) is 4.59. The Balaban J connectivity index is 2.95. The SMILES string of the molecule is CCNc1ccc(Cl)c(C(=O)N(C)CC(F)(F)F)n1. The average molecular weight is 296 g/mol. The van der Waals surface area contributed by atoms with Gasteiger partial charge in [-0.15, -0.1) is 0 Å². The molecule has 1 heterocycles. The van der Waals surface area contributed by atoms with Crippen molar-refractivity contribution in [1.29, 1.82) is 0 Å². The van der Waals surface area contributed by atoms with Gasteiger partial charge in [-0.2, -0.15) is 13.2 Å². The molecule has 0 unspecified atom stereocenters. The number of hydrogen-bond donors (Lipinski definition) is 1. The molecule has 8 heteroatoms. The second kappa shape index (κ2) is 6.10. The maximum Gasteiger partial charge on any atom is 0.406 e. The van der Waals surface area contributed by atoms with Crippen LogP contribution in [-0.4, -0.2) is 42.1 Å². The van der Waals surface area contributed by atoms with Crippen LogP contribution in [0.2, 0.25) is 5.02 Å². The van der Waals surface area contributed by atoms with E-state index in [0.717, 1.165) is 7.05 Å². The summed E-state index contributed by atoms with van der Waals surface area (Å²) in [6.45, 7) is 1.05. The highest BCUT2D eigenvalue weighted by Gasteiger charge is 2.32. The molecular formula is C11H13ClF3N3O. The maximum atomic E-state index is 12.2. The number of nitrogens with one attached hydrogen (secondary N) is 1. The van der Waals surface area contributed by atoms with Gasteiger partial charge >= 0.3 is 6.18 Å². The number of carbonyl (C=O) groups is 1. The van der Waals surface area contributed by atoms with Crippen LogP contribution in [0, 0.1) is 0 Å². The molecule has 106 valence electrons. The van der Waals surface area contributed by atoms with Crippen LogP contribution in [0.3, 0.4) is 0 Å². The highest BCUT2D eigenvalue weighted by Crippen LogP contribution is 2.21. The monoisotopic (exact) mass is 295 g/mol. The molecule has 0 aliphatic heterocycles. The Kier molecular flexibility index (Phi) is 4.99. The van der Waals surface area contributed by atoms with E-state index >= 15 is 0 Å². The van der Waals surface area contributed by atoms with Gasteiger partial charge in [0.25, 0.3) is 5.91 Å². The van der Waals surface area contributed by atoms with Crippen molar-refractivity contribution in [3.05, 3.63) is 22.8 Å². The second-order valence-corrected chi connectivity index (χ2v) is 4.24. The fraction of sp³-hybridized carbons (Fsp3) is 0.455. The highest BCUT2D eigenvalue weighted by atomic mass is 35.5. The summed E-state index contributed by atoms with van der Waals surface area (Å²) >= 11 is 5.79. The molecule has 0 saturated carbocycles. The van der Waals surface area contributed by atoms with Gasteiger partial charge in [-0.3, -0.25) is 4.79 Å². The molecular weight excluding hydrogens is 283 g/mol. The van der Waals surface area contributed by atoms with E-state index in [-0.39, 0.29) is 10.7 Å². The smallest absolute Gasteiger partial charge is 0.370 e. The number of anilines is 1. The number of nitrogens with zero attached hydrogens (tertiary/aromatic N) is 2. The van der Waals surface area contributed by atoms with Crippen LogP contribution in [0.4, 0.5) is 19.0 Å². The number of amides is 1. The van der Waals surface area contributed by atoms with Crippen LogP contribution in [0.25, 0.3) is 0 Å². The number of alkyl halides is 3. The average Bonchev–Trinajstić information content (AvgIpc) is 2.29. The highest BCUT2D eigenvalue weighted by molar-refractivity contribution is 6.33. The first-order chi connectivity index (χ1) is 8.74. The molecule has 0 saturated heterocycles. The predicted molar refractivity (Wildman–Crippen MR) is 66.4 cm³/mol. The zero-order chi connectivity index (χ0) is 14.6. The Hall–Kier alpha value is -1.50. The van der Waals surface area contributed by atoms with E-state index in [9.17, 15) is 18.0 Å². The predicted octanol–water partition coefficient (Wildman–Crippen LogP) is 2.80. The van der Waals surface area contributed by atoms with E-state index in [4.69, 9.17) is 11.6 Å². The van der Waals surface area contributed by atoms with Crippen molar-refractivity contribution in [2.24, 2.45) is 0 Å². The number of carbonyl (C=O) groups excluding carboxylic acids is 1. The zero-order valence-corrected chi connectivity index (χ0v) is 11.1. The van der Waals surface area contributed by atoms with Gasteiger partial charge in [-0.1, -0.05) is 11.6 Å². The number of rotatable bonds is 4. The van der Waals surface area contributed by atoms with Crippen LogP contribution >= 0.6 is 11.6 Å². The summed E-state index contributed by atoms with van der Waals surface area (Å²) in [6.07, 6.45) is -4.46. The summed E-state index contributed by atoms with van der Waals surface area (Å²) in [6, 6.07) is 2.97. The molecule has 0 aliphatic carbocycles. The van der Waals surface area contributed by atoms with Gasteiger partial charge < -0.3 is 10.2 Å². The van der Waals surface area contributed by atoms with Crippen LogP contribution in [0.1, 0.15) is 17.4 Å². The lowest BCUT2D eigenvalue weighted by Gasteiger charge is -2.19. The minimum absolute atomic E-state index is 0.0145. The van der Waals surface area contributed by atoms with Crippen molar-refractivity contribution in [1.82, 2.24) is 9.88 Å². The fourth-order valence-electron chi connectivity index (χ4n) is 1.39. The van der Waals surface area contributed by atoms with Gasteiger partial charge in [0.15, 0.2) is 0 Å². The van der Waals surface area contributed by atoms with Crippen molar-refractivity contribution in [2.45, 2.75) is 13.1 Å². The Bertz CT molecular complexity index is 465. The van der Waals surface area contributed by atoms with Crippen LogP contribution in [0.15, 0.2) is 12.1 Å². The van der Waals surface area contributed by atoms with Crippen molar-refractivity contribution in [3.8, 4) is 0 Å². The lowest BCUT2D eigenvalue weighted by atomic mass is 10.3. The summed E-state index contributed by atoms with van der Waals surface area (Å²) < 4.78 is 36.7. The lowest BCUT2D eigenvalue weighted by molar-refractivity contribution is -0.138. The van der Waals surface area contributed by atoms with E-state index in [1.807, 2.05) is 6.92 Å².